The molecule has 4 nitrogen and oxygen atoms in total. The van der Waals surface area contributed by atoms with Gasteiger partial charge in [-0.15, -0.1) is 0 Å². The van der Waals surface area contributed by atoms with E-state index in [2.05, 4.69) is 0 Å². The molecule has 0 aliphatic carbocycles. The number of nitrogens with zero attached hydrogens (tertiary/aromatic N) is 1. The first kappa shape index (κ1) is 20.6. The Morgan fingerprint density at radius 1 is 1.11 bits per heavy atom. The summed E-state index contributed by atoms with van der Waals surface area (Å²) in [6, 6.07) is 12.1. The number of hydrogen-bond donors (Lipinski definition) is 2. The van der Waals surface area contributed by atoms with Crippen LogP contribution in [0, 0.1) is 0 Å². The number of methoxy groups -OCH3 is 1. The minimum atomic E-state index is -4.44. The molecule has 1 aliphatic rings. The van der Waals surface area contributed by atoms with Gasteiger partial charge in [0.25, 0.3) is 0 Å². The second kappa shape index (κ2) is 8.11. The van der Waals surface area contributed by atoms with Gasteiger partial charge in [-0.05, 0) is 48.2 Å². The number of rotatable bonds is 5. The van der Waals surface area contributed by atoms with Gasteiger partial charge < -0.3 is 19.8 Å². The number of likely N-dealkylation sites (tertiary alicyclic amines) is 1. The third-order valence-corrected chi connectivity index (χ3v) is 5.32. The van der Waals surface area contributed by atoms with E-state index in [0.29, 0.717) is 38.2 Å². The minimum Gasteiger partial charge on any atom is -0.497 e. The Kier molecular flexibility index (Phi) is 5.98. The summed E-state index contributed by atoms with van der Waals surface area (Å²) in [7, 11) is 1.56. The third kappa shape index (κ3) is 4.66. The molecule has 28 heavy (non-hydrogen) atoms. The highest BCUT2D eigenvalue weighted by molar-refractivity contribution is 5.31. The SMILES string of the molecule is COc1cccc([C@H](O)CN2CCC(O)(c3cccc(C(F)(F)F)c3)CC2)c1. The summed E-state index contributed by atoms with van der Waals surface area (Å²) in [5.41, 5.74) is -1.03. The van der Waals surface area contributed by atoms with E-state index in [1.165, 1.54) is 12.1 Å². The standard InChI is InChI=1S/C21H24F3NO3/c1-28-18-7-2-4-15(12-18)19(26)14-25-10-8-20(27,9-11-25)16-5-3-6-17(13-16)21(22,23)24/h2-7,12-13,19,26-27H,8-11,14H2,1H3/t19-/m1/s1. The van der Waals surface area contributed by atoms with Crippen molar-refractivity contribution in [2.24, 2.45) is 0 Å². The number of alkyl halides is 3. The molecule has 2 aromatic carbocycles. The average molecular weight is 395 g/mol. The van der Waals surface area contributed by atoms with Crippen LogP contribution in [0.3, 0.4) is 0 Å². The molecule has 0 amide bonds. The zero-order chi connectivity index (χ0) is 20.4. The van der Waals surface area contributed by atoms with Gasteiger partial charge in [0.1, 0.15) is 5.75 Å². The number of halogens is 3. The summed E-state index contributed by atoms with van der Waals surface area (Å²) in [4.78, 5) is 2.01. The van der Waals surface area contributed by atoms with Crippen LogP contribution in [0.4, 0.5) is 13.2 Å². The number of benzene rings is 2. The molecular formula is C21H24F3NO3. The molecule has 7 heteroatoms. The topological polar surface area (TPSA) is 52.9 Å². The van der Waals surface area contributed by atoms with Crippen LogP contribution in [-0.4, -0.2) is 41.9 Å². The highest BCUT2D eigenvalue weighted by atomic mass is 19.4. The average Bonchev–Trinajstić information content (AvgIpc) is 2.69. The summed E-state index contributed by atoms with van der Waals surface area (Å²) in [5.74, 6) is 0.661. The quantitative estimate of drug-likeness (QED) is 0.810. The van der Waals surface area contributed by atoms with Crippen molar-refractivity contribution in [1.29, 1.82) is 0 Å². The maximum atomic E-state index is 13.0. The molecule has 0 unspecified atom stereocenters. The summed E-state index contributed by atoms with van der Waals surface area (Å²) in [6.07, 6.45) is -4.54. The van der Waals surface area contributed by atoms with Gasteiger partial charge in [0, 0.05) is 19.6 Å². The van der Waals surface area contributed by atoms with Gasteiger partial charge in [-0.25, -0.2) is 0 Å². The van der Waals surface area contributed by atoms with Crippen LogP contribution in [-0.2, 0) is 11.8 Å². The van der Waals surface area contributed by atoms with Crippen molar-refractivity contribution in [3.05, 3.63) is 65.2 Å². The van der Waals surface area contributed by atoms with Crippen LogP contribution in [0.15, 0.2) is 48.5 Å². The molecule has 0 radical (unpaired) electrons. The highest BCUT2D eigenvalue weighted by Gasteiger charge is 2.37. The molecular weight excluding hydrogens is 371 g/mol. The van der Waals surface area contributed by atoms with E-state index in [-0.39, 0.29) is 5.56 Å². The Labute approximate surface area is 162 Å². The molecule has 1 heterocycles. The monoisotopic (exact) mass is 395 g/mol. The number of piperidine rings is 1. The van der Waals surface area contributed by atoms with Gasteiger partial charge in [0.15, 0.2) is 0 Å². The van der Waals surface area contributed by atoms with Gasteiger partial charge in [0.05, 0.1) is 24.4 Å². The summed E-state index contributed by atoms with van der Waals surface area (Å²) in [5, 5.41) is 21.4. The Morgan fingerprint density at radius 2 is 1.79 bits per heavy atom. The molecule has 2 aromatic rings. The second-order valence-corrected chi connectivity index (χ2v) is 7.20. The lowest BCUT2D eigenvalue weighted by atomic mass is 9.83. The van der Waals surface area contributed by atoms with E-state index in [9.17, 15) is 23.4 Å². The molecule has 0 aromatic heterocycles. The van der Waals surface area contributed by atoms with Gasteiger partial charge in [-0.3, -0.25) is 0 Å². The van der Waals surface area contributed by atoms with E-state index in [0.717, 1.165) is 17.7 Å². The number of aliphatic hydroxyl groups excluding tert-OH is 1. The van der Waals surface area contributed by atoms with Crippen molar-refractivity contribution >= 4 is 0 Å². The van der Waals surface area contributed by atoms with Gasteiger partial charge in [-0.2, -0.15) is 13.2 Å². The maximum Gasteiger partial charge on any atom is 0.416 e. The largest absolute Gasteiger partial charge is 0.497 e. The first-order valence-corrected chi connectivity index (χ1v) is 9.16. The molecule has 152 valence electrons. The fourth-order valence-corrected chi connectivity index (χ4v) is 3.58. The van der Waals surface area contributed by atoms with Crippen LogP contribution in [0.5, 0.6) is 5.75 Å². The minimum absolute atomic E-state index is 0.287. The maximum absolute atomic E-state index is 13.0. The third-order valence-electron chi connectivity index (χ3n) is 5.32. The van der Waals surface area contributed by atoms with Crippen molar-refractivity contribution in [3.8, 4) is 5.75 Å². The van der Waals surface area contributed by atoms with E-state index in [4.69, 9.17) is 4.74 Å². The normalized spacial score (nSPS) is 18.6. The molecule has 1 aliphatic heterocycles. The van der Waals surface area contributed by atoms with Gasteiger partial charge in [-0.1, -0.05) is 24.3 Å². The molecule has 1 saturated heterocycles. The molecule has 2 N–H and O–H groups in total. The fraction of sp³-hybridized carbons (Fsp3) is 0.429. The van der Waals surface area contributed by atoms with Crippen molar-refractivity contribution < 1.29 is 28.1 Å². The van der Waals surface area contributed by atoms with Crippen LogP contribution in [0.1, 0.15) is 35.6 Å². The fourth-order valence-electron chi connectivity index (χ4n) is 3.58. The van der Waals surface area contributed by atoms with E-state index in [1.807, 2.05) is 11.0 Å². The first-order chi connectivity index (χ1) is 13.2. The molecule has 0 spiro atoms. The van der Waals surface area contributed by atoms with Gasteiger partial charge in [0.2, 0.25) is 0 Å². The van der Waals surface area contributed by atoms with Crippen molar-refractivity contribution in [1.82, 2.24) is 4.90 Å². The lowest BCUT2D eigenvalue weighted by Gasteiger charge is -2.39. The lowest BCUT2D eigenvalue weighted by Crippen LogP contribution is -2.44. The Balaban J connectivity index is 1.63. The lowest BCUT2D eigenvalue weighted by molar-refractivity contribution is -0.137. The molecule has 1 fully saturated rings. The van der Waals surface area contributed by atoms with Crippen LogP contribution in [0.25, 0.3) is 0 Å². The number of aliphatic hydroxyl groups is 2. The smallest absolute Gasteiger partial charge is 0.416 e. The second-order valence-electron chi connectivity index (χ2n) is 7.20. The zero-order valence-electron chi connectivity index (χ0n) is 15.6. The predicted molar refractivity (Wildman–Crippen MR) is 99.0 cm³/mol. The van der Waals surface area contributed by atoms with E-state index >= 15 is 0 Å². The first-order valence-electron chi connectivity index (χ1n) is 9.16. The van der Waals surface area contributed by atoms with Crippen LogP contribution < -0.4 is 4.74 Å². The number of ether oxygens (including phenoxy) is 1. The summed E-state index contributed by atoms with van der Waals surface area (Å²) < 4.78 is 44.0. The van der Waals surface area contributed by atoms with E-state index < -0.39 is 23.4 Å². The molecule has 1 atom stereocenters. The summed E-state index contributed by atoms with van der Waals surface area (Å²) >= 11 is 0. The molecule has 0 saturated carbocycles. The Bertz CT molecular complexity index is 801. The van der Waals surface area contributed by atoms with Crippen LogP contribution in [0.2, 0.25) is 0 Å². The van der Waals surface area contributed by atoms with Crippen molar-refractivity contribution in [3.63, 3.8) is 0 Å². The zero-order valence-corrected chi connectivity index (χ0v) is 15.6. The van der Waals surface area contributed by atoms with Crippen LogP contribution >= 0.6 is 0 Å². The van der Waals surface area contributed by atoms with Gasteiger partial charge >= 0.3 is 6.18 Å². The van der Waals surface area contributed by atoms with Crippen molar-refractivity contribution in [2.75, 3.05) is 26.7 Å². The molecule has 3 rings (SSSR count). The molecule has 0 bridgehead atoms. The Morgan fingerprint density at radius 3 is 2.43 bits per heavy atom. The summed E-state index contributed by atoms with van der Waals surface area (Å²) in [6.45, 7) is 1.34. The van der Waals surface area contributed by atoms with Crippen molar-refractivity contribution in [2.45, 2.75) is 30.7 Å². The number of β-amino-alcohol motifs (C(OH)–C–C–N with tert-alkyl or cyclic N) is 1. The Hall–Kier alpha value is -2.09. The highest BCUT2D eigenvalue weighted by Crippen LogP contribution is 2.37. The predicted octanol–water partition coefficient (Wildman–Crippen LogP) is 3.73. The number of hydrogen-bond acceptors (Lipinski definition) is 4. The van der Waals surface area contributed by atoms with E-state index in [1.54, 1.807) is 25.3 Å².